The molecule has 0 fully saturated rings. The second-order valence-electron chi connectivity index (χ2n) is 3.50. The number of hydrogen-bond donors (Lipinski definition) is 0. The molecule has 0 aromatic heterocycles. The lowest BCUT2D eigenvalue weighted by Crippen LogP contribution is -2.12. The number of carbonyl (C=O) groups is 1. The zero-order valence-electron chi connectivity index (χ0n) is 9.65. The zero-order valence-corrected chi connectivity index (χ0v) is 9.65. The minimum atomic E-state index is -0.865. The lowest BCUT2D eigenvalue weighted by atomic mass is 9.99. The molecule has 96 valence electrons. The van der Waals surface area contributed by atoms with Gasteiger partial charge in [0.25, 0.3) is 11.4 Å². The van der Waals surface area contributed by atoms with Crippen molar-refractivity contribution in [1.82, 2.24) is 0 Å². The summed E-state index contributed by atoms with van der Waals surface area (Å²) in [5, 5.41) is 21.4. The lowest BCUT2D eigenvalue weighted by Gasteiger charge is -2.09. The molecule has 0 radical (unpaired) electrons. The number of esters is 1. The minimum absolute atomic E-state index is 0.0810. The molecule has 0 amide bonds. The summed E-state index contributed by atoms with van der Waals surface area (Å²) in [6, 6.07) is 3.13. The van der Waals surface area contributed by atoms with Gasteiger partial charge in [-0.2, -0.15) is 0 Å². The van der Waals surface area contributed by atoms with Crippen LogP contribution in [0.15, 0.2) is 18.2 Å². The number of benzene rings is 1. The predicted molar refractivity (Wildman–Crippen MR) is 60.2 cm³/mol. The van der Waals surface area contributed by atoms with Gasteiger partial charge in [0.15, 0.2) is 0 Å². The van der Waals surface area contributed by atoms with Crippen molar-refractivity contribution in [3.63, 3.8) is 0 Å². The summed E-state index contributed by atoms with van der Waals surface area (Å²) in [6.45, 7) is 1.43. The van der Waals surface area contributed by atoms with Crippen LogP contribution in [-0.4, -0.2) is 22.9 Å². The van der Waals surface area contributed by atoms with Gasteiger partial charge in [-0.25, -0.2) is 0 Å². The van der Waals surface area contributed by atoms with E-state index in [9.17, 15) is 25.0 Å². The van der Waals surface area contributed by atoms with Crippen LogP contribution in [0.3, 0.4) is 0 Å². The third-order valence-corrected chi connectivity index (χ3v) is 2.44. The van der Waals surface area contributed by atoms with Gasteiger partial charge in [-0.1, -0.05) is 0 Å². The molecule has 1 rings (SSSR count). The zero-order chi connectivity index (χ0) is 13.9. The highest BCUT2D eigenvalue weighted by Crippen LogP contribution is 2.30. The Balaban J connectivity index is 3.32. The topological polar surface area (TPSA) is 113 Å². The Kier molecular flexibility index (Phi) is 3.93. The fourth-order valence-electron chi connectivity index (χ4n) is 1.47. The lowest BCUT2D eigenvalue weighted by molar-refractivity contribution is -0.394. The summed E-state index contributed by atoms with van der Waals surface area (Å²) in [6.07, 6.45) is 0. The second kappa shape index (κ2) is 5.21. The van der Waals surface area contributed by atoms with E-state index >= 15 is 0 Å². The quantitative estimate of drug-likeness (QED) is 0.459. The molecule has 1 unspecified atom stereocenters. The highest BCUT2D eigenvalue weighted by atomic mass is 16.6. The molecule has 0 spiro atoms. The van der Waals surface area contributed by atoms with Crippen molar-refractivity contribution < 1.29 is 19.4 Å². The van der Waals surface area contributed by atoms with Crippen molar-refractivity contribution in [1.29, 1.82) is 0 Å². The summed E-state index contributed by atoms with van der Waals surface area (Å²) in [5.74, 6) is -1.51. The number of ether oxygens (including phenoxy) is 1. The Hall–Kier alpha value is -2.51. The summed E-state index contributed by atoms with van der Waals surface area (Å²) in [7, 11) is 1.16. The largest absolute Gasteiger partial charge is 0.469 e. The molecule has 1 atom stereocenters. The van der Waals surface area contributed by atoms with Crippen LogP contribution in [-0.2, 0) is 9.53 Å². The van der Waals surface area contributed by atoms with Crippen molar-refractivity contribution in [3.8, 4) is 0 Å². The van der Waals surface area contributed by atoms with E-state index in [1.807, 2.05) is 0 Å². The molecular weight excluding hydrogens is 244 g/mol. The molecule has 1 aromatic carbocycles. The molecule has 0 N–H and O–H groups in total. The summed E-state index contributed by atoms with van der Waals surface area (Å²) >= 11 is 0. The van der Waals surface area contributed by atoms with Gasteiger partial charge < -0.3 is 4.74 Å². The van der Waals surface area contributed by atoms with E-state index in [1.165, 1.54) is 13.0 Å². The Labute approximate surface area is 101 Å². The van der Waals surface area contributed by atoms with Gasteiger partial charge in [-0.3, -0.25) is 25.0 Å². The highest BCUT2D eigenvalue weighted by Gasteiger charge is 2.27. The second-order valence-corrected chi connectivity index (χ2v) is 3.50. The molecule has 0 aliphatic rings. The van der Waals surface area contributed by atoms with E-state index in [0.29, 0.717) is 0 Å². The Morgan fingerprint density at radius 3 is 2.33 bits per heavy atom. The van der Waals surface area contributed by atoms with Crippen LogP contribution < -0.4 is 0 Å². The smallest absolute Gasteiger partial charge is 0.313 e. The fourth-order valence-corrected chi connectivity index (χ4v) is 1.47. The van der Waals surface area contributed by atoms with Gasteiger partial charge in [0.1, 0.15) is 0 Å². The maximum absolute atomic E-state index is 11.3. The fraction of sp³-hybridized carbons (Fsp3) is 0.300. The standard InChI is InChI=1S/C10H10N2O6/c1-6(10(13)18-2)8-4-3-7(11(14)15)5-9(8)12(16)17/h3-6H,1-2H3. The molecule has 0 aliphatic heterocycles. The van der Waals surface area contributed by atoms with Crippen LogP contribution >= 0.6 is 0 Å². The molecule has 8 nitrogen and oxygen atoms in total. The van der Waals surface area contributed by atoms with Crippen LogP contribution in [0.1, 0.15) is 18.4 Å². The maximum atomic E-state index is 11.3. The predicted octanol–water partition coefficient (Wildman–Crippen LogP) is 1.78. The van der Waals surface area contributed by atoms with Gasteiger partial charge in [0.2, 0.25) is 0 Å². The molecule has 0 saturated heterocycles. The minimum Gasteiger partial charge on any atom is -0.469 e. The van der Waals surface area contributed by atoms with Crippen molar-refractivity contribution >= 4 is 17.3 Å². The average Bonchev–Trinajstić information content (AvgIpc) is 2.35. The van der Waals surface area contributed by atoms with E-state index in [2.05, 4.69) is 4.74 Å². The van der Waals surface area contributed by atoms with Crippen LogP contribution in [0.4, 0.5) is 11.4 Å². The summed E-state index contributed by atoms with van der Waals surface area (Å²) in [4.78, 5) is 31.2. The van der Waals surface area contributed by atoms with Crippen molar-refractivity contribution in [2.45, 2.75) is 12.8 Å². The molecular formula is C10H10N2O6. The van der Waals surface area contributed by atoms with Gasteiger partial charge >= 0.3 is 5.97 Å². The molecule has 0 aliphatic carbocycles. The van der Waals surface area contributed by atoms with Crippen LogP contribution in [0.25, 0.3) is 0 Å². The number of nitro benzene ring substituents is 2. The van der Waals surface area contributed by atoms with Gasteiger partial charge in [-0.05, 0) is 13.0 Å². The van der Waals surface area contributed by atoms with Gasteiger partial charge in [-0.15, -0.1) is 0 Å². The summed E-state index contributed by atoms with van der Waals surface area (Å²) in [5.41, 5.74) is -0.790. The van der Waals surface area contributed by atoms with E-state index in [4.69, 9.17) is 0 Å². The SMILES string of the molecule is COC(=O)C(C)c1ccc([N+](=O)[O-])cc1[N+](=O)[O-]. The number of methoxy groups -OCH3 is 1. The van der Waals surface area contributed by atoms with Crippen molar-refractivity contribution in [2.75, 3.05) is 7.11 Å². The van der Waals surface area contributed by atoms with Crippen molar-refractivity contribution in [2.24, 2.45) is 0 Å². The number of nitrogens with zero attached hydrogens (tertiary/aromatic N) is 2. The Bertz CT molecular complexity index is 513. The van der Waals surface area contributed by atoms with Crippen LogP contribution in [0.2, 0.25) is 0 Å². The first kappa shape index (κ1) is 13.6. The van der Waals surface area contributed by atoms with E-state index in [0.717, 1.165) is 19.2 Å². The monoisotopic (exact) mass is 254 g/mol. The molecule has 8 heteroatoms. The Morgan fingerprint density at radius 1 is 1.28 bits per heavy atom. The molecule has 0 bridgehead atoms. The van der Waals surface area contributed by atoms with Gasteiger partial charge in [0.05, 0.1) is 28.9 Å². The third kappa shape index (κ3) is 2.59. The maximum Gasteiger partial charge on any atom is 0.313 e. The van der Waals surface area contributed by atoms with E-state index in [-0.39, 0.29) is 5.56 Å². The number of nitro groups is 2. The van der Waals surface area contributed by atoms with Crippen molar-refractivity contribution in [3.05, 3.63) is 44.0 Å². The normalized spacial score (nSPS) is 11.7. The number of non-ortho nitro benzene ring substituents is 1. The first-order valence-electron chi connectivity index (χ1n) is 4.89. The third-order valence-electron chi connectivity index (χ3n) is 2.44. The molecule has 0 heterocycles. The first-order valence-corrected chi connectivity index (χ1v) is 4.89. The number of carbonyl (C=O) groups excluding carboxylic acids is 1. The summed E-state index contributed by atoms with van der Waals surface area (Å²) < 4.78 is 4.48. The number of rotatable bonds is 4. The van der Waals surface area contributed by atoms with E-state index in [1.54, 1.807) is 0 Å². The molecule has 18 heavy (non-hydrogen) atoms. The Morgan fingerprint density at radius 2 is 1.89 bits per heavy atom. The average molecular weight is 254 g/mol. The highest BCUT2D eigenvalue weighted by molar-refractivity contribution is 5.79. The van der Waals surface area contributed by atoms with Crippen LogP contribution in [0, 0.1) is 20.2 Å². The van der Waals surface area contributed by atoms with E-state index < -0.39 is 33.1 Å². The first-order chi connectivity index (χ1) is 8.38. The molecule has 1 aromatic rings. The van der Waals surface area contributed by atoms with Gasteiger partial charge in [0, 0.05) is 11.6 Å². The number of hydrogen-bond acceptors (Lipinski definition) is 6. The molecule has 0 saturated carbocycles. The van der Waals surface area contributed by atoms with Crippen LogP contribution in [0.5, 0.6) is 0 Å².